The third-order valence-electron chi connectivity index (χ3n) is 3.73. The van der Waals surface area contributed by atoms with Crippen LogP contribution < -0.4 is 4.74 Å². The Balaban J connectivity index is 1.75. The van der Waals surface area contributed by atoms with E-state index in [9.17, 15) is 9.50 Å². The van der Waals surface area contributed by atoms with E-state index in [-0.39, 0.29) is 17.8 Å². The monoisotopic (exact) mass is 267 g/mol. The number of aliphatic hydroxyl groups excluding tert-OH is 1. The number of hydrogen-bond donors (Lipinski definition) is 1. The van der Waals surface area contributed by atoms with Crippen molar-refractivity contribution < 1.29 is 14.2 Å². The third kappa shape index (κ3) is 4.18. The van der Waals surface area contributed by atoms with Crippen LogP contribution in [0.1, 0.15) is 19.8 Å². The lowest BCUT2D eigenvalue weighted by molar-refractivity contribution is 0.0406. The molecule has 1 aromatic rings. The van der Waals surface area contributed by atoms with Crippen LogP contribution in [0.3, 0.4) is 0 Å². The number of aliphatic hydroxyl groups is 1. The molecule has 1 N–H and O–H groups in total. The zero-order valence-electron chi connectivity index (χ0n) is 11.4. The van der Waals surface area contributed by atoms with Crippen molar-refractivity contribution in [1.29, 1.82) is 0 Å². The quantitative estimate of drug-likeness (QED) is 0.888. The summed E-state index contributed by atoms with van der Waals surface area (Å²) in [5.41, 5.74) is 0.0219. The van der Waals surface area contributed by atoms with Crippen molar-refractivity contribution in [3.63, 3.8) is 0 Å². The van der Waals surface area contributed by atoms with Gasteiger partial charge in [-0.15, -0.1) is 0 Å². The molecule has 0 aromatic heterocycles. The highest BCUT2D eigenvalue weighted by atomic mass is 19.1. The van der Waals surface area contributed by atoms with Crippen LogP contribution in [-0.4, -0.2) is 42.9 Å². The molecule has 106 valence electrons. The van der Waals surface area contributed by atoms with E-state index in [2.05, 4.69) is 11.8 Å². The number of benzene rings is 1. The van der Waals surface area contributed by atoms with Crippen LogP contribution in [0.25, 0.3) is 0 Å². The number of hydrogen-bond acceptors (Lipinski definition) is 3. The summed E-state index contributed by atoms with van der Waals surface area (Å²) in [7, 11) is 0. The van der Waals surface area contributed by atoms with E-state index in [4.69, 9.17) is 4.74 Å². The number of rotatable bonds is 5. The van der Waals surface area contributed by atoms with Crippen molar-refractivity contribution in [3.05, 3.63) is 30.1 Å². The van der Waals surface area contributed by atoms with Gasteiger partial charge >= 0.3 is 0 Å². The van der Waals surface area contributed by atoms with E-state index < -0.39 is 0 Å². The number of halogens is 1. The first-order valence-corrected chi connectivity index (χ1v) is 6.83. The summed E-state index contributed by atoms with van der Waals surface area (Å²) in [5, 5.41) is 9.40. The Morgan fingerprint density at radius 1 is 1.37 bits per heavy atom. The van der Waals surface area contributed by atoms with Crippen molar-refractivity contribution in [2.75, 3.05) is 32.8 Å². The van der Waals surface area contributed by atoms with Crippen LogP contribution in [0, 0.1) is 11.2 Å². The van der Waals surface area contributed by atoms with E-state index in [1.54, 1.807) is 12.1 Å². The summed E-state index contributed by atoms with van der Waals surface area (Å²) < 4.78 is 18.3. The molecule has 1 unspecified atom stereocenters. The van der Waals surface area contributed by atoms with Crippen LogP contribution in [0.4, 0.5) is 4.39 Å². The Hall–Kier alpha value is -1.13. The lowest BCUT2D eigenvalue weighted by atomic mass is 9.83. The molecule has 1 saturated heterocycles. The van der Waals surface area contributed by atoms with Gasteiger partial charge < -0.3 is 9.84 Å². The standard InChI is InChI=1S/C15H22FNO2/c1-15(12-18)7-2-8-17(11-15)9-10-19-14-5-3-13(16)4-6-14/h3-6,18H,2,7-12H2,1H3. The molecule has 0 saturated carbocycles. The second kappa shape index (κ2) is 6.35. The van der Waals surface area contributed by atoms with Gasteiger partial charge in [-0.25, -0.2) is 4.39 Å². The lowest BCUT2D eigenvalue weighted by Crippen LogP contribution is -2.45. The van der Waals surface area contributed by atoms with E-state index >= 15 is 0 Å². The van der Waals surface area contributed by atoms with Gasteiger partial charge in [-0.3, -0.25) is 4.90 Å². The fraction of sp³-hybridized carbons (Fsp3) is 0.600. The Kier molecular flexibility index (Phi) is 4.77. The summed E-state index contributed by atoms with van der Waals surface area (Å²) in [6, 6.07) is 6.09. The molecule has 0 aliphatic carbocycles. The highest BCUT2D eigenvalue weighted by Crippen LogP contribution is 2.28. The number of ether oxygens (including phenoxy) is 1. The number of likely N-dealkylation sites (tertiary alicyclic amines) is 1. The SMILES string of the molecule is CC1(CO)CCCN(CCOc2ccc(F)cc2)C1. The molecule has 3 nitrogen and oxygen atoms in total. The molecule has 0 spiro atoms. The van der Waals surface area contributed by atoms with Gasteiger partial charge in [-0.2, -0.15) is 0 Å². The summed E-state index contributed by atoms with van der Waals surface area (Å²) in [6.45, 7) is 5.76. The molecule has 1 aliphatic rings. The Labute approximate surface area is 114 Å². The lowest BCUT2D eigenvalue weighted by Gasteiger charge is -2.39. The minimum absolute atomic E-state index is 0.0219. The highest BCUT2D eigenvalue weighted by molar-refractivity contribution is 5.21. The van der Waals surface area contributed by atoms with E-state index in [1.807, 2.05) is 0 Å². The molecule has 0 amide bonds. The van der Waals surface area contributed by atoms with Crippen molar-refractivity contribution >= 4 is 0 Å². The zero-order valence-corrected chi connectivity index (χ0v) is 11.4. The summed E-state index contributed by atoms with van der Waals surface area (Å²) in [4.78, 5) is 2.32. The molecule has 0 radical (unpaired) electrons. The van der Waals surface area contributed by atoms with Gasteiger partial charge in [-0.1, -0.05) is 6.92 Å². The predicted octanol–water partition coefficient (Wildman–Crippen LogP) is 2.30. The number of piperidine rings is 1. The molecule has 0 bridgehead atoms. The maximum atomic E-state index is 12.7. The van der Waals surface area contributed by atoms with E-state index in [1.165, 1.54) is 12.1 Å². The van der Waals surface area contributed by atoms with Crippen molar-refractivity contribution in [2.24, 2.45) is 5.41 Å². The fourth-order valence-corrected chi connectivity index (χ4v) is 2.57. The predicted molar refractivity (Wildman–Crippen MR) is 72.8 cm³/mol. The van der Waals surface area contributed by atoms with Crippen molar-refractivity contribution in [2.45, 2.75) is 19.8 Å². The molecule has 19 heavy (non-hydrogen) atoms. The average Bonchev–Trinajstić information content (AvgIpc) is 2.41. The van der Waals surface area contributed by atoms with Crippen LogP contribution in [-0.2, 0) is 0 Å². The molecule has 1 aromatic carbocycles. The first-order chi connectivity index (χ1) is 9.11. The molecule has 1 atom stereocenters. The smallest absolute Gasteiger partial charge is 0.123 e. The van der Waals surface area contributed by atoms with Crippen LogP contribution in [0.5, 0.6) is 5.75 Å². The second-order valence-corrected chi connectivity index (χ2v) is 5.65. The Morgan fingerprint density at radius 2 is 2.11 bits per heavy atom. The van der Waals surface area contributed by atoms with Crippen molar-refractivity contribution in [1.82, 2.24) is 4.90 Å². The molecular weight excluding hydrogens is 245 g/mol. The normalized spacial score (nSPS) is 24.4. The van der Waals surface area contributed by atoms with Crippen molar-refractivity contribution in [3.8, 4) is 5.75 Å². The van der Waals surface area contributed by atoms with Gasteiger partial charge in [-0.05, 0) is 43.7 Å². The summed E-state index contributed by atoms with van der Waals surface area (Å²) in [6.07, 6.45) is 2.20. The largest absolute Gasteiger partial charge is 0.492 e. The van der Waals surface area contributed by atoms with Gasteiger partial charge in [0.1, 0.15) is 18.2 Å². The second-order valence-electron chi connectivity index (χ2n) is 5.65. The topological polar surface area (TPSA) is 32.7 Å². The van der Waals surface area contributed by atoms with E-state index in [0.717, 1.165) is 32.5 Å². The molecule has 4 heteroatoms. The Bertz CT molecular complexity index is 396. The van der Waals surface area contributed by atoms with Gasteiger partial charge in [0.25, 0.3) is 0 Å². The van der Waals surface area contributed by atoms with Crippen LogP contribution in [0.2, 0.25) is 0 Å². The molecule has 1 aliphatic heterocycles. The minimum atomic E-state index is -0.248. The molecular formula is C15H22FNO2. The van der Waals surface area contributed by atoms with Gasteiger partial charge in [0.15, 0.2) is 0 Å². The summed E-state index contributed by atoms with van der Waals surface area (Å²) in [5.74, 6) is 0.449. The maximum Gasteiger partial charge on any atom is 0.123 e. The third-order valence-corrected chi connectivity index (χ3v) is 3.73. The average molecular weight is 267 g/mol. The van der Waals surface area contributed by atoms with Crippen LogP contribution in [0.15, 0.2) is 24.3 Å². The Morgan fingerprint density at radius 3 is 2.79 bits per heavy atom. The fourth-order valence-electron chi connectivity index (χ4n) is 2.57. The molecule has 1 heterocycles. The molecule has 1 fully saturated rings. The maximum absolute atomic E-state index is 12.7. The zero-order chi connectivity index (χ0) is 13.7. The highest BCUT2D eigenvalue weighted by Gasteiger charge is 2.29. The van der Waals surface area contributed by atoms with Gasteiger partial charge in [0.2, 0.25) is 0 Å². The first-order valence-electron chi connectivity index (χ1n) is 6.83. The van der Waals surface area contributed by atoms with E-state index in [0.29, 0.717) is 12.4 Å². The first kappa shape index (κ1) is 14.3. The van der Waals surface area contributed by atoms with Gasteiger partial charge in [0.05, 0.1) is 0 Å². The van der Waals surface area contributed by atoms with Gasteiger partial charge in [0, 0.05) is 25.1 Å². The van der Waals surface area contributed by atoms with Crippen LogP contribution >= 0.6 is 0 Å². The summed E-state index contributed by atoms with van der Waals surface area (Å²) >= 11 is 0. The molecule has 2 rings (SSSR count). The minimum Gasteiger partial charge on any atom is -0.492 e. The number of nitrogens with zero attached hydrogens (tertiary/aromatic N) is 1.